The van der Waals surface area contributed by atoms with Crippen LogP contribution in [0.2, 0.25) is 0 Å². The first kappa shape index (κ1) is 23.0. The number of esters is 1. The van der Waals surface area contributed by atoms with Gasteiger partial charge in [-0.15, -0.1) is 0 Å². The van der Waals surface area contributed by atoms with Crippen LogP contribution < -0.4 is 5.32 Å². The van der Waals surface area contributed by atoms with Crippen LogP contribution in [0.15, 0.2) is 42.5 Å². The topological polar surface area (TPSA) is 92.8 Å². The Bertz CT molecular complexity index is 1080. The Morgan fingerprint density at radius 3 is 2.58 bits per heavy atom. The zero-order valence-electron chi connectivity index (χ0n) is 18.1. The maximum atomic E-state index is 13.0. The lowest BCUT2D eigenvalue weighted by Crippen LogP contribution is -2.44. The number of hydrogen-bond acceptors (Lipinski definition) is 5. The highest BCUT2D eigenvalue weighted by Crippen LogP contribution is 2.25. The number of carbonyl (C=O) groups excluding carboxylic acids is 2. The van der Waals surface area contributed by atoms with Gasteiger partial charge in [0.2, 0.25) is 15.9 Å². The molecule has 1 amide bonds. The number of ether oxygens (including phenoxy) is 1. The van der Waals surface area contributed by atoms with Crippen molar-refractivity contribution in [2.24, 2.45) is 5.92 Å². The quantitative estimate of drug-likeness (QED) is 0.691. The van der Waals surface area contributed by atoms with Crippen molar-refractivity contribution in [3.63, 3.8) is 0 Å². The van der Waals surface area contributed by atoms with Crippen molar-refractivity contribution in [2.45, 2.75) is 32.4 Å². The van der Waals surface area contributed by atoms with E-state index < -0.39 is 21.9 Å². The van der Waals surface area contributed by atoms with Crippen LogP contribution in [-0.2, 0) is 25.3 Å². The van der Waals surface area contributed by atoms with E-state index in [2.05, 4.69) is 5.32 Å². The number of hydrogen-bond donors (Lipinski definition) is 1. The van der Waals surface area contributed by atoms with E-state index in [0.717, 1.165) is 16.7 Å². The van der Waals surface area contributed by atoms with Gasteiger partial charge in [0.25, 0.3) is 0 Å². The van der Waals surface area contributed by atoms with E-state index in [1.54, 1.807) is 18.2 Å². The van der Waals surface area contributed by atoms with Crippen LogP contribution in [0.25, 0.3) is 0 Å². The molecule has 1 N–H and O–H groups in total. The summed E-state index contributed by atoms with van der Waals surface area (Å²) in [6.45, 7) is 4.28. The van der Waals surface area contributed by atoms with Crippen molar-refractivity contribution in [1.82, 2.24) is 4.31 Å². The number of nitrogens with one attached hydrogen (secondary N) is 1. The van der Waals surface area contributed by atoms with Crippen LogP contribution >= 0.6 is 0 Å². The second-order valence-electron chi connectivity index (χ2n) is 7.89. The summed E-state index contributed by atoms with van der Waals surface area (Å²) < 4.78 is 32.1. The van der Waals surface area contributed by atoms with Crippen molar-refractivity contribution in [2.75, 3.05) is 25.5 Å². The summed E-state index contributed by atoms with van der Waals surface area (Å²) in [6, 6.07) is 12.4. The summed E-state index contributed by atoms with van der Waals surface area (Å²) in [5.41, 5.74) is 3.37. The van der Waals surface area contributed by atoms with Gasteiger partial charge in [-0.1, -0.05) is 30.3 Å². The molecular formula is C23H28N2O5S. The molecular weight excluding hydrogens is 416 g/mol. The third kappa shape index (κ3) is 5.51. The minimum absolute atomic E-state index is 0.0751. The lowest BCUT2D eigenvalue weighted by molar-refractivity contribution is -0.120. The summed E-state index contributed by atoms with van der Waals surface area (Å²) in [4.78, 5) is 24.7. The second-order valence-corrected chi connectivity index (χ2v) is 9.86. The number of benzene rings is 2. The fraction of sp³-hybridized carbons (Fsp3) is 0.391. The molecule has 0 spiro atoms. The van der Waals surface area contributed by atoms with Gasteiger partial charge in [-0.25, -0.2) is 17.5 Å². The second kappa shape index (κ2) is 9.62. The van der Waals surface area contributed by atoms with E-state index in [4.69, 9.17) is 4.74 Å². The first-order chi connectivity index (χ1) is 14.7. The van der Waals surface area contributed by atoms with E-state index in [0.29, 0.717) is 30.6 Å². The third-order valence-electron chi connectivity index (χ3n) is 5.66. The van der Waals surface area contributed by atoms with Crippen LogP contribution in [0.5, 0.6) is 0 Å². The molecule has 7 nitrogen and oxygen atoms in total. The monoisotopic (exact) mass is 444 g/mol. The summed E-state index contributed by atoms with van der Waals surface area (Å²) >= 11 is 0. The Balaban J connectivity index is 1.71. The highest BCUT2D eigenvalue weighted by molar-refractivity contribution is 7.88. The van der Waals surface area contributed by atoms with Gasteiger partial charge in [0.05, 0.1) is 24.3 Å². The number of carbonyl (C=O) groups is 2. The average molecular weight is 445 g/mol. The van der Waals surface area contributed by atoms with Crippen molar-refractivity contribution in [3.8, 4) is 0 Å². The van der Waals surface area contributed by atoms with Crippen molar-refractivity contribution < 1.29 is 22.7 Å². The Morgan fingerprint density at radius 1 is 1.13 bits per heavy atom. The Labute approximate surface area is 183 Å². The van der Waals surface area contributed by atoms with Gasteiger partial charge in [0.15, 0.2) is 0 Å². The van der Waals surface area contributed by atoms with Crippen LogP contribution in [0, 0.1) is 19.8 Å². The normalized spacial score (nSPS) is 17.2. The predicted molar refractivity (Wildman–Crippen MR) is 119 cm³/mol. The molecule has 0 aliphatic carbocycles. The summed E-state index contributed by atoms with van der Waals surface area (Å²) in [5, 5.41) is 2.86. The van der Waals surface area contributed by atoms with Crippen LogP contribution in [-0.4, -0.2) is 44.8 Å². The van der Waals surface area contributed by atoms with Crippen LogP contribution in [0.4, 0.5) is 5.69 Å². The average Bonchev–Trinajstić information content (AvgIpc) is 2.76. The third-order valence-corrected chi connectivity index (χ3v) is 7.46. The van der Waals surface area contributed by atoms with Gasteiger partial charge < -0.3 is 10.1 Å². The molecule has 0 radical (unpaired) electrons. The molecule has 31 heavy (non-hydrogen) atoms. The molecule has 8 heteroatoms. The van der Waals surface area contributed by atoms with E-state index in [9.17, 15) is 18.0 Å². The highest BCUT2D eigenvalue weighted by Gasteiger charge is 2.32. The van der Waals surface area contributed by atoms with Crippen molar-refractivity contribution in [3.05, 3.63) is 64.7 Å². The maximum absolute atomic E-state index is 13.0. The van der Waals surface area contributed by atoms with E-state index in [1.165, 1.54) is 11.4 Å². The number of aryl methyl sites for hydroxylation is 2. The van der Waals surface area contributed by atoms with E-state index >= 15 is 0 Å². The standard InChI is InChI=1S/C23H28N2O5S/c1-16-7-4-5-8-20(16)15-31(28,29)25-12-6-9-19(14-25)22(26)24-21-13-18(23(27)30-3)11-10-17(21)2/h4-5,7-8,10-11,13,19H,6,9,12,14-15H2,1-3H3,(H,24,26)/t19-/m0/s1. The molecule has 1 aliphatic rings. The first-order valence-corrected chi connectivity index (χ1v) is 11.8. The van der Waals surface area contributed by atoms with Gasteiger partial charge in [0.1, 0.15) is 0 Å². The molecule has 1 aliphatic heterocycles. The smallest absolute Gasteiger partial charge is 0.337 e. The minimum Gasteiger partial charge on any atom is -0.465 e. The first-order valence-electron chi connectivity index (χ1n) is 10.2. The molecule has 0 bridgehead atoms. The Kier molecular flexibility index (Phi) is 7.12. The summed E-state index contributed by atoms with van der Waals surface area (Å²) in [7, 11) is -2.24. The maximum Gasteiger partial charge on any atom is 0.337 e. The fourth-order valence-electron chi connectivity index (χ4n) is 3.71. The number of nitrogens with zero attached hydrogens (tertiary/aromatic N) is 1. The van der Waals surface area contributed by atoms with Gasteiger partial charge in [-0.05, 0) is 55.5 Å². The SMILES string of the molecule is COC(=O)c1ccc(C)c(NC(=O)[C@H]2CCCN(S(=O)(=O)Cc3ccccc3C)C2)c1. The number of piperidine rings is 1. The zero-order valence-corrected chi connectivity index (χ0v) is 18.9. The fourth-order valence-corrected chi connectivity index (χ4v) is 5.42. The molecule has 2 aromatic carbocycles. The largest absolute Gasteiger partial charge is 0.465 e. The number of sulfonamides is 1. The van der Waals surface area contributed by atoms with E-state index in [1.807, 2.05) is 38.1 Å². The van der Waals surface area contributed by atoms with E-state index in [-0.39, 0.29) is 18.2 Å². The van der Waals surface area contributed by atoms with Gasteiger partial charge >= 0.3 is 5.97 Å². The molecule has 1 saturated heterocycles. The van der Waals surface area contributed by atoms with Crippen LogP contribution in [0.1, 0.15) is 39.9 Å². The zero-order chi connectivity index (χ0) is 22.6. The molecule has 1 fully saturated rings. The molecule has 166 valence electrons. The van der Waals surface area contributed by atoms with Crippen molar-refractivity contribution in [1.29, 1.82) is 0 Å². The number of amides is 1. The number of methoxy groups -OCH3 is 1. The highest BCUT2D eigenvalue weighted by atomic mass is 32.2. The number of rotatable bonds is 6. The predicted octanol–water partition coefficient (Wildman–Crippen LogP) is 3.27. The van der Waals surface area contributed by atoms with Crippen molar-refractivity contribution >= 4 is 27.6 Å². The molecule has 0 saturated carbocycles. The molecule has 1 heterocycles. The minimum atomic E-state index is -3.54. The molecule has 1 atom stereocenters. The molecule has 0 aromatic heterocycles. The lowest BCUT2D eigenvalue weighted by atomic mass is 9.98. The lowest BCUT2D eigenvalue weighted by Gasteiger charge is -2.31. The summed E-state index contributed by atoms with van der Waals surface area (Å²) in [5.74, 6) is -1.27. The van der Waals surface area contributed by atoms with Gasteiger partial charge in [0, 0.05) is 18.8 Å². The summed E-state index contributed by atoms with van der Waals surface area (Å²) in [6.07, 6.45) is 1.23. The molecule has 3 rings (SSSR count). The Morgan fingerprint density at radius 2 is 1.87 bits per heavy atom. The Hall–Kier alpha value is -2.71. The number of anilines is 1. The van der Waals surface area contributed by atoms with Gasteiger partial charge in [-0.3, -0.25) is 4.79 Å². The molecule has 2 aromatic rings. The molecule has 0 unspecified atom stereocenters. The van der Waals surface area contributed by atoms with Crippen LogP contribution in [0.3, 0.4) is 0 Å². The van der Waals surface area contributed by atoms with Gasteiger partial charge in [-0.2, -0.15) is 0 Å².